The van der Waals surface area contributed by atoms with E-state index in [1.807, 2.05) is 36.4 Å². The largest absolute Gasteiger partial charge is 0.497 e. The van der Waals surface area contributed by atoms with E-state index in [-0.39, 0.29) is 18.2 Å². The number of aliphatic carboxylic acids is 1. The second-order valence-corrected chi connectivity index (χ2v) is 10.7. The Kier molecular flexibility index (Phi) is 7.50. The first-order valence-corrected chi connectivity index (χ1v) is 13.3. The Morgan fingerprint density at radius 3 is 2.54 bits per heavy atom. The maximum Gasteiger partial charge on any atom is 0.303 e. The predicted molar refractivity (Wildman–Crippen MR) is 143 cm³/mol. The quantitative estimate of drug-likeness (QED) is 0.306. The van der Waals surface area contributed by atoms with Crippen molar-refractivity contribution in [1.82, 2.24) is 0 Å². The van der Waals surface area contributed by atoms with Crippen molar-refractivity contribution in [3.8, 4) is 22.6 Å². The zero-order chi connectivity index (χ0) is 25.9. The number of benzene rings is 3. The van der Waals surface area contributed by atoms with E-state index in [1.54, 1.807) is 19.2 Å². The van der Waals surface area contributed by atoms with E-state index in [2.05, 4.69) is 13.0 Å². The van der Waals surface area contributed by atoms with Crippen LogP contribution in [0.25, 0.3) is 11.1 Å². The van der Waals surface area contributed by atoms with E-state index < -0.39 is 5.97 Å². The van der Waals surface area contributed by atoms with Crippen molar-refractivity contribution in [2.75, 3.05) is 7.11 Å². The van der Waals surface area contributed by atoms with Gasteiger partial charge >= 0.3 is 5.97 Å². The fraction of sp³-hybridized carbons (Fsp3) is 0.406. The fourth-order valence-corrected chi connectivity index (χ4v) is 5.94. The molecule has 2 aliphatic carbocycles. The van der Waals surface area contributed by atoms with Gasteiger partial charge < -0.3 is 14.6 Å². The molecular weight excluding hydrogens is 467 g/mol. The molecule has 0 spiro atoms. The Morgan fingerprint density at radius 1 is 1.00 bits per heavy atom. The van der Waals surface area contributed by atoms with Gasteiger partial charge in [-0.25, -0.2) is 4.39 Å². The highest BCUT2D eigenvalue weighted by atomic mass is 19.1. The number of carbonyl (C=O) groups is 1. The Labute approximate surface area is 218 Å². The summed E-state index contributed by atoms with van der Waals surface area (Å²) in [6.07, 6.45) is 5.78. The van der Waals surface area contributed by atoms with E-state index in [9.17, 15) is 14.3 Å². The summed E-state index contributed by atoms with van der Waals surface area (Å²) < 4.78 is 26.5. The molecule has 2 fully saturated rings. The highest BCUT2D eigenvalue weighted by Gasteiger charge is 2.34. The van der Waals surface area contributed by atoms with Crippen molar-refractivity contribution in [1.29, 1.82) is 0 Å². The number of rotatable bonds is 10. The Hall–Kier alpha value is -3.34. The van der Waals surface area contributed by atoms with Crippen LogP contribution >= 0.6 is 0 Å². The molecule has 5 heteroatoms. The van der Waals surface area contributed by atoms with Crippen LogP contribution < -0.4 is 9.47 Å². The lowest BCUT2D eigenvalue weighted by Crippen LogP contribution is -2.09. The monoisotopic (exact) mass is 502 g/mol. The lowest BCUT2D eigenvalue weighted by Gasteiger charge is -2.22. The summed E-state index contributed by atoms with van der Waals surface area (Å²) in [5.41, 5.74) is 4.73. The van der Waals surface area contributed by atoms with Crippen molar-refractivity contribution < 1.29 is 23.8 Å². The van der Waals surface area contributed by atoms with Crippen LogP contribution in [0.2, 0.25) is 0 Å². The third-order valence-corrected chi connectivity index (χ3v) is 8.12. The molecule has 3 aromatic carbocycles. The van der Waals surface area contributed by atoms with Crippen molar-refractivity contribution >= 4 is 5.97 Å². The van der Waals surface area contributed by atoms with Crippen LogP contribution in [0.4, 0.5) is 4.39 Å². The van der Waals surface area contributed by atoms with Crippen LogP contribution in [0.5, 0.6) is 11.5 Å². The number of ether oxygens (including phenoxy) is 2. The molecule has 0 radical (unpaired) electrons. The van der Waals surface area contributed by atoms with Gasteiger partial charge in [0.1, 0.15) is 23.9 Å². The molecule has 0 amide bonds. The van der Waals surface area contributed by atoms with Crippen LogP contribution in [0.1, 0.15) is 74.0 Å². The van der Waals surface area contributed by atoms with E-state index >= 15 is 0 Å². The normalized spacial score (nSPS) is 20.0. The molecular formula is C32H35FO4. The Bertz CT molecular complexity index is 1270. The first kappa shape index (κ1) is 25.3. The summed E-state index contributed by atoms with van der Waals surface area (Å²) in [5, 5.41) is 9.37. The first-order chi connectivity index (χ1) is 17.9. The molecule has 1 N–H and O–H groups in total. The van der Waals surface area contributed by atoms with Gasteiger partial charge in [-0.3, -0.25) is 4.79 Å². The van der Waals surface area contributed by atoms with Crippen LogP contribution in [-0.2, 0) is 11.4 Å². The van der Waals surface area contributed by atoms with E-state index in [0.717, 1.165) is 41.7 Å². The van der Waals surface area contributed by atoms with Crippen molar-refractivity contribution in [3.05, 3.63) is 83.2 Å². The molecule has 2 saturated carbocycles. The summed E-state index contributed by atoms with van der Waals surface area (Å²) in [7, 11) is 1.60. The highest BCUT2D eigenvalue weighted by Crippen LogP contribution is 2.46. The average molecular weight is 503 g/mol. The van der Waals surface area contributed by atoms with Crippen LogP contribution in [0.15, 0.2) is 60.7 Å². The molecule has 0 saturated heterocycles. The number of hydrogen-bond acceptors (Lipinski definition) is 3. The van der Waals surface area contributed by atoms with Gasteiger partial charge in [0.05, 0.1) is 13.5 Å². The third kappa shape index (κ3) is 5.82. The minimum atomic E-state index is -0.760. The van der Waals surface area contributed by atoms with Crippen LogP contribution in [-0.4, -0.2) is 18.2 Å². The molecule has 0 heterocycles. The second kappa shape index (κ2) is 11.0. The number of halogens is 1. The Morgan fingerprint density at radius 2 is 1.84 bits per heavy atom. The van der Waals surface area contributed by atoms with Gasteiger partial charge in [0.25, 0.3) is 0 Å². The summed E-state index contributed by atoms with van der Waals surface area (Å²) in [6.45, 7) is 2.68. The molecule has 3 aromatic rings. The molecule has 3 atom stereocenters. The molecule has 0 aliphatic heterocycles. The SMILES string of the molecule is COc1ccc(F)c(-c2ccc(COc3cccc([C@@H](CC(=O)O)C4CC4)c3)cc2[C@@H]2CCC[C@H]2C)c1. The summed E-state index contributed by atoms with van der Waals surface area (Å²) >= 11 is 0. The maximum atomic E-state index is 15.0. The number of carboxylic acids is 1. The zero-order valence-corrected chi connectivity index (χ0v) is 21.6. The maximum absolute atomic E-state index is 15.0. The van der Waals surface area contributed by atoms with Crippen LogP contribution in [0, 0.1) is 17.7 Å². The second-order valence-electron chi connectivity index (χ2n) is 10.7. The van der Waals surface area contributed by atoms with Gasteiger partial charge in [-0.15, -0.1) is 0 Å². The highest BCUT2D eigenvalue weighted by molar-refractivity contribution is 5.71. The molecule has 0 bridgehead atoms. The van der Waals surface area contributed by atoms with Crippen LogP contribution in [0.3, 0.4) is 0 Å². The van der Waals surface area contributed by atoms with Gasteiger partial charge in [-0.2, -0.15) is 0 Å². The van der Waals surface area contributed by atoms with Crippen molar-refractivity contribution in [2.45, 2.75) is 63.9 Å². The summed E-state index contributed by atoms with van der Waals surface area (Å²) in [5.74, 6) is 1.77. The predicted octanol–water partition coefficient (Wildman–Crippen LogP) is 7.95. The van der Waals surface area contributed by atoms with Gasteiger partial charge in [0.2, 0.25) is 0 Å². The topological polar surface area (TPSA) is 55.8 Å². The molecule has 5 rings (SSSR count). The van der Waals surface area contributed by atoms with E-state index in [4.69, 9.17) is 9.47 Å². The number of hydrogen-bond donors (Lipinski definition) is 1. The minimum absolute atomic E-state index is 0.0357. The van der Waals surface area contributed by atoms with E-state index in [0.29, 0.717) is 35.7 Å². The van der Waals surface area contributed by atoms with Crippen molar-refractivity contribution in [3.63, 3.8) is 0 Å². The average Bonchev–Trinajstić information content (AvgIpc) is 3.66. The van der Waals surface area contributed by atoms with Gasteiger partial charge in [0, 0.05) is 5.56 Å². The van der Waals surface area contributed by atoms with Crippen molar-refractivity contribution in [2.24, 2.45) is 11.8 Å². The molecule has 2 aliphatic rings. The lowest BCUT2D eigenvalue weighted by molar-refractivity contribution is -0.137. The van der Waals surface area contributed by atoms with E-state index in [1.165, 1.54) is 24.5 Å². The number of carboxylic acid groups (broad SMARTS) is 1. The lowest BCUT2D eigenvalue weighted by atomic mass is 9.84. The fourth-order valence-electron chi connectivity index (χ4n) is 5.94. The standard InChI is InChI=1S/C32H35FO4/c1-20-5-3-8-26(20)29-15-21(9-13-27(29)30-17-24(36-2)12-14-31(30)33)19-37-25-7-4-6-23(16-25)28(18-32(34)35)22-10-11-22/h4,6-7,9,12-17,20,22,26,28H,3,5,8,10-11,18-19H2,1-2H3,(H,34,35)/t20-,26-,28+/m1/s1. The summed E-state index contributed by atoms with van der Waals surface area (Å²) in [4.78, 5) is 11.4. The third-order valence-electron chi connectivity index (χ3n) is 8.12. The molecule has 194 valence electrons. The first-order valence-electron chi connectivity index (χ1n) is 13.3. The molecule has 0 aromatic heterocycles. The molecule has 0 unspecified atom stereocenters. The van der Waals surface area contributed by atoms with Gasteiger partial charge in [0.15, 0.2) is 0 Å². The summed E-state index contributed by atoms with van der Waals surface area (Å²) in [6, 6.07) is 19.0. The smallest absolute Gasteiger partial charge is 0.303 e. The molecule has 4 nitrogen and oxygen atoms in total. The zero-order valence-electron chi connectivity index (χ0n) is 21.6. The minimum Gasteiger partial charge on any atom is -0.497 e. The number of methoxy groups -OCH3 is 1. The van der Waals surface area contributed by atoms with Gasteiger partial charge in [-0.05, 0) is 95.5 Å². The Balaban J connectivity index is 1.41. The molecule has 37 heavy (non-hydrogen) atoms. The van der Waals surface area contributed by atoms with Gasteiger partial charge in [-0.1, -0.05) is 50.1 Å².